The molecule has 0 unspecified atom stereocenters. The van der Waals surface area contributed by atoms with Crippen LogP contribution in [0.1, 0.15) is 27.4 Å². The number of nitrogens with zero attached hydrogens (tertiary/aromatic N) is 1. The third-order valence-electron chi connectivity index (χ3n) is 3.38. The number of rotatable bonds is 1. The first-order valence-electron chi connectivity index (χ1n) is 5.98. The van der Waals surface area contributed by atoms with Gasteiger partial charge in [0.2, 0.25) is 0 Å². The van der Waals surface area contributed by atoms with Crippen molar-refractivity contribution in [3.05, 3.63) is 71.3 Å². The summed E-state index contributed by atoms with van der Waals surface area (Å²) in [7, 11) is 1.75. The van der Waals surface area contributed by atoms with Crippen molar-refractivity contribution in [3.8, 4) is 0 Å². The third kappa shape index (κ3) is 1.50. The molecule has 3 rings (SSSR count). The second-order valence-corrected chi connectivity index (χ2v) is 4.36. The Hall–Kier alpha value is -2.22. The number of carbonyl (C=O) groups excluding carboxylic acids is 1. The second-order valence-electron chi connectivity index (χ2n) is 4.36. The average Bonchev–Trinajstić information content (AvgIpc) is 2.73. The van der Waals surface area contributed by atoms with Crippen molar-refractivity contribution in [1.29, 1.82) is 0 Å². The number of hydrogen-bond acceptors (Lipinski definition) is 2. The van der Waals surface area contributed by atoms with E-state index in [-0.39, 0.29) is 11.7 Å². The molecule has 0 aliphatic heterocycles. The van der Waals surface area contributed by atoms with Gasteiger partial charge in [0.15, 0.2) is 5.78 Å². The second kappa shape index (κ2) is 4.22. The van der Waals surface area contributed by atoms with E-state index < -0.39 is 0 Å². The highest BCUT2D eigenvalue weighted by Crippen LogP contribution is 2.34. The Balaban J connectivity index is 2.18. The van der Waals surface area contributed by atoms with Crippen molar-refractivity contribution in [2.45, 2.75) is 5.92 Å². The Labute approximate surface area is 106 Å². The predicted molar refractivity (Wildman–Crippen MR) is 72.4 cm³/mol. The molecule has 2 heteroatoms. The van der Waals surface area contributed by atoms with Crippen molar-refractivity contribution >= 4 is 11.5 Å². The van der Waals surface area contributed by atoms with E-state index in [9.17, 15) is 4.79 Å². The lowest BCUT2D eigenvalue weighted by Gasteiger charge is -2.09. The van der Waals surface area contributed by atoms with Gasteiger partial charge < -0.3 is 0 Å². The topological polar surface area (TPSA) is 29.4 Å². The van der Waals surface area contributed by atoms with Gasteiger partial charge in [-0.05, 0) is 5.56 Å². The highest BCUT2D eigenvalue weighted by Gasteiger charge is 2.36. The van der Waals surface area contributed by atoms with Crippen molar-refractivity contribution < 1.29 is 4.79 Å². The maximum atomic E-state index is 12.5. The van der Waals surface area contributed by atoms with Crippen LogP contribution in [0.5, 0.6) is 0 Å². The molecule has 88 valence electrons. The molecule has 0 saturated carbocycles. The number of fused-ring (bicyclic) bond motifs is 1. The Kier molecular flexibility index (Phi) is 2.56. The molecule has 0 heterocycles. The summed E-state index contributed by atoms with van der Waals surface area (Å²) >= 11 is 0. The van der Waals surface area contributed by atoms with Crippen LogP contribution in [0.25, 0.3) is 0 Å². The molecular formula is C16H13NO. The fourth-order valence-electron chi connectivity index (χ4n) is 2.56. The Bertz CT molecular complexity index is 629. The molecule has 2 nitrogen and oxygen atoms in total. The van der Waals surface area contributed by atoms with Crippen molar-refractivity contribution in [1.82, 2.24) is 0 Å². The molecule has 2 aromatic rings. The molecule has 0 spiro atoms. The van der Waals surface area contributed by atoms with Crippen molar-refractivity contribution in [2.75, 3.05) is 7.05 Å². The summed E-state index contributed by atoms with van der Waals surface area (Å²) in [6.07, 6.45) is 0. The summed E-state index contributed by atoms with van der Waals surface area (Å²) in [5.74, 6) is -0.0917. The van der Waals surface area contributed by atoms with Gasteiger partial charge in [-0.25, -0.2) is 0 Å². The zero-order valence-electron chi connectivity index (χ0n) is 10.1. The summed E-state index contributed by atoms with van der Waals surface area (Å²) in [4.78, 5) is 16.8. The fourth-order valence-corrected chi connectivity index (χ4v) is 2.56. The summed E-state index contributed by atoms with van der Waals surface area (Å²) in [5, 5.41) is 0. The molecule has 0 amide bonds. The van der Waals surface area contributed by atoms with Gasteiger partial charge in [0.1, 0.15) is 0 Å². The van der Waals surface area contributed by atoms with E-state index >= 15 is 0 Å². The first-order chi connectivity index (χ1) is 8.83. The number of hydrogen-bond donors (Lipinski definition) is 0. The minimum absolute atomic E-state index is 0.150. The first kappa shape index (κ1) is 10.9. The van der Waals surface area contributed by atoms with Crippen molar-refractivity contribution in [2.24, 2.45) is 4.99 Å². The molecule has 0 N–H and O–H groups in total. The van der Waals surface area contributed by atoms with E-state index in [4.69, 9.17) is 0 Å². The molecule has 0 bridgehead atoms. The van der Waals surface area contributed by atoms with Gasteiger partial charge in [-0.1, -0.05) is 54.6 Å². The van der Waals surface area contributed by atoms with Crippen LogP contribution in [-0.2, 0) is 0 Å². The lowest BCUT2D eigenvalue weighted by atomic mass is 9.94. The normalized spacial score (nSPS) is 20.2. The minimum atomic E-state index is -0.242. The molecule has 1 atom stereocenters. The molecule has 0 aromatic heterocycles. The van der Waals surface area contributed by atoms with E-state index in [1.54, 1.807) is 7.05 Å². The molecule has 0 radical (unpaired) electrons. The van der Waals surface area contributed by atoms with Gasteiger partial charge in [-0.15, -0.1) is 0 Å². The number of ketones is 1. The molecule has 2 aromatic carbocycles. The van der Waals surface area contributed by atoms with E-state index in [1.807, 2.05) is 54.6 Å². The van der Waals surface area contributed by atoms with Crippen LogP contribution in [0.4, 0.5) is 0 Å². The highest BCUT2D eigenvalue weighted by molar-refractivity contribution is 6.31. The summed E-state index contributed by atoms with van der Waals surface area (Å²) in [5.41, 5.74) is 3.65. The van der Waals surface area contributed by atoms with Crippen LogP contribution in [0.3, 0.4) is 0 Å². The van der Waals surface area contributed by atoms with Crippen molar-refractivity contribution in [3.63, 3.8) is 0 Å². The zero-order valence-corrected chi connectivity index (χ0v) is 10.1. The highest BCUT2D eigenvalue weighted by atomic mass is 16.1. The van der Waals surface area contributed by atoms with Crippen LogP contribution >= 0.6 is 0 Å². The fraction of sp³-hybridized carbons (Fsp3) is 0.125. The van der Waals surface area contributed by atoms with Crippen LogP contribution in [-0.4, -0.2) is 18.5 Å². The smallest absolute Gasteiger partial charge is 0.176 e. The Morgan fingerprint density at radius 3 is 2.17 bits per heavy atom. The Morgan fingerprint density at radius 1 is 0.889 bits per heavy atom. The Morgan fingerprint density at radius 2 is 1.50 bits per heavy atom. The summed E-state index contributed by atoms with van der Waals surface area (Å²) < 4.78 is 0. The lowest BCUT2D eigenvalue weighted by Crippen LogP contribution is -2.13. The standard InChI is InChI=1S/C16H13NO/c1-17-15-12-9-5-6-10-13(12)16(18)14(15)11-7-3-2-4-8-11/h2-10,14H,1H3/t14-/m1/s1. The minimum Gasteiger partial charge on any atom is -0.293 e. The molecule has 0 saturated heterocycles. The van der Waals surface area contributed by atoms with Gasteiger partial charge in [0.25, 0.3) is 0 Å². The SMILES string of the molecule is CN=C1c2ccccc2C(=O)[C@@H]1c1ccccc1. The quantitative estimate of drug-likeness (QED) is 0.746. The number of aliphatic imine (C=N–C) groups is 1. The maximum Gasteiger partial charge on any atom is 0.176 e. The largest absolute Gasteiger partial charge is 0.293 e. The molecule has 18 heavy (non-hydrogen) atoms. The van der Waals surface area contributed by atoms with Crippen LogP contribution in [0, 0.1) is 0 Å². The van der Waals surface area contributed by atoms with E-state index in [2.05, 4.69) is 4.99 Å². The third-order valence-corrected chi connectivity index (χ3v) is 3.38. The van der Waals surface area contributed by atoms with Crippen LogP contribution < -0.4 is 0 Å². The van der Waals surface area contributed by atoms with E-state index in [0.29, 0.717) is 0 Å². The maximum absolute atomic E-state index is 12.5. The van der Waals surface area contributed by atoms with E-state index in [1.165, 1.54) is 0 Å². The van der Waals surface area contributed by atoms with Crippen LogP contribution in [0.15, 0.2) is 59.6 Å². The first-order valence-corrected chi connectivity index (χ1v) is 5.98. The molecule has 1 aliphatic rings. The number of Topliss-reactive ketones (excluding diaryl/α,β-unsaturated/α-hetero) is 1. The van der Waals surface area contributed by atoms with Gasteiger partial charge in [0.05, 0.1) is 11.6 Å². The number of benzene rings is 2. The lowest BCUT2D eigenvalue weighted by molar-refractivity contribution is 0.0988. The van der Waals surface area contributed by atoms with Gasteiger partial charge in [0, 0.05) is 18.2 Å². The monoisotopic (exact) mass is 235 g/mol. The molecule has 1 aliphatic carbocycles. The van der Waals surface area contributed by atoms with Gasteiger partial charge in [-0.2, -0.15) is 0 Å². The molecule has 0 fully saturated rings. The van der Waals surface area contributed by atoms with E-state index in [0.717, 1.165) is 22.4 Å². The number of carbonyl (C=O) groups is 1. The van der Waals surface area contributed by atoms with Gasteiger partial charge >= 0.3 is 0 Å². The predicted octanol–water partition coefficient (Wildman–Crippen LogP) is 3.09. The average molecular weight is 235 g/mol. The summed E-state index contributed by atoms with van der Waals surface area (Å²) in [6.45, 7) is 0. The molecular weight excluding hydrogens is 222 g/mol. The summed E-state index contributed by atoms with van der Waals surface area (Å²) in [6, 6.07) is 17.5. The zero-order chi connectivity index (χ0) is 12.5. The van der Waals surface area contributed by atoms with Crippen LogP contribution in [0.2, 0.25) is 0 Å². The van der Waals surface area contributed by atoms with Gasteiger partial charge in [-0.3, -0.25) is 9.79 Å².